The SMILES string of the molecule is CC(N)Cc1cccc(OC2CCCC(C)C2)c1. The fraction of sp³-hybridized carbons (Fsp3) is 0.625. The lowest BCUT2D eigenvalue weighted by Gasteiger charge is -2.27. The third-order valence-electron chi connectivity index (χ3n) is 3.65. The predicted octanol–water partition coefficient (Wildman–Crippen LogP) is 3.53. The molecule has 0 radical (unpaired) electrons. The summed E-state index contributed by atoms with van der Waals surface area (Å²) in [4.78, 5) is 0. The quantitative estimate of drug-likeness (QED) is 0.883. The van der Waals surface area contributed by atoms with Crippen LogP contribution in [0.1, 0.15) is 45.1 Å². The summed E-state index contributed by atoms with van der Waals surface area (Å²) in [7, 11) is 0. The van der Waals surface area contributed by atoms with Crippen molar-refractivity contribution in [2.24, 2.45) is 11.7 Å². The van der Waals surface area contributed by atoms with E-state index in [1.54, 1.807) is 0 Å². The lowest BCUT2D eigenvalue weighted by Crippen LogP contribution is -2.24. The van der Waals surface area contributed by atoms with Gasteiger partial charge in [0.25, 0.3) is 0 Å². The highest BCUT2D eigenvalue weighted by molar-refractivity contribution is 5.29. The van der Waals surface area contributed by atoms with Crippen molar-refractivity contribution in [1.29, 1.82) is 0 Å². The highest BCUT2D eigenvalue weighted by Crippen LogP contribution is 2.27. The molecule has 1 aliphatic carbocycles. The minimum atomic E-state index is 0.204. The summed E-state index contributed by atoms with van der Waals surface area (Å²) in [5, 5.41) is 0. The van der Waals surface area contributed by atoms with Crippen LogP contribution in [0.2, 0.25) is 0 Å². The van der Waals surface area contributed by atoms with E-state index in [0.717, 1.165) is 18.1 Å². The first-order valence-corrected chi connectivity index (χ1v) is 7.14. The average Bonchev–Trinajstić information content (AvgIpc) is 2.28. The zero-order valence-electron chi connectivity index (χ0n) is 11.6. The maximum absolute atomic E-state index is 6.11. The summed E-state index contributed by atoms with van der Waals surface area (Å²) in [6.07, 6.45) is 6.35. The molecule has 0 bridgehead atoms. The van der Waals surface area contributed by atoms with Crippen LogP contribution < -0.4 is 10.5 Å². The largest absolute Gasteiger partial charge is 0.490 e. The Hall–Kier alpha value is -1.02. The molecule has 1 saturated carbocycles. The van der Waals surface area contributed by atoms with Crippen LogP contribution in [0.25, 0.3) is 0 Å². The molecule has 2 rings (SSSR count). The smallest absolute Gasteiger partial charge is 0.119 e. The minimum absolute atomic E-state index is 0.204. The average molecular weight is 247 g/mol. The van der Waals surface area contributed by atoms with Gasteiger partial charge < -0.3 is 10.5 Å². The Morgan fingerprint density at radius 2 is 2.22 bits per heavy atom. The second-order valence-corrected chi connectivity index (χ2v) is 5.84. The van der Waals surface area contributed by atoms with Gasteiger partial charge in [-0.25, -0.2) is 0 Å². The van der Waals surface area contributed by atoms with E-state index >= 15 is 0 Å². The molecule has 2 N–H and O–H groups in total. The van der Waals surface area contributed by atoms with Crippen molar-refractivity contribution in [1.82, 2.24) is 0 Å². The van der Waals surface area contributed by atoms with E-state index in [-0.39, 0.29) is 6.04 Å². The van der Waals surface area contributed by atoms with Gasteiger partial charge in [0.15, 0.2) is 0 Å². The van der Waals surface area contributed by atoms with Crippen LogP contribution in [-0.2, 0) is 6.42 Å². The van der Waals surface area contributed by atoms with Crippen LogP contribution in [0.5, 0.6) is 5.75 Å². The lowest BCUT2D eigenvalue weighted by molar-refractivity contribution is 0.129. The third-order valence-corrected chi connectivity index (χ3v) is 3.65. The van der Waals surface area contributed by atoms with E-state index in [2.05, 4.69) is 31.2 Å². The Bertz CT molecular complexity index is 375. The van der Waals surface area contributed by atoms with Crippen molar-refractivity contribution in [3.05, 3.63) is 29.8 Å². The van der Waals surface area contributed by atoms with E-state index in [4.69, 9.17) is 10.5 Å². The number of nitrogens with two attached hydrogens (primary N) is 1. The molecule has 0 saturated heterocycles. The van der Waals surface area contributed by atoms with Gasteiger partial charge in [-0.2, -0.15) is 0 Å². The first-order valence-electron chi connectivity index (χ1n) is 7.14. The first-order chi connectivity index (χ1) is 8.63. The van der Waals surface area contributed by atoms with Crippen LogP contribution in [0.15, 0.2) is 24.3 Å². The van der Waals surface area contributed by atoms with E-state index in [1.165, 1.54) is 31.2 Å². The van der Waals surface area contributed by atoms with Crippen LogP contribution in [0, 0.1) is 5.92 Å². The Kier molecular flexibility index (Phi) is 4.65. The van der Waals surface area contributed by atoms with Gasteiger partial charge in [0, 0.05) is 6.04 Å². The standard InChI is InChI=1S/C16H25NO/c1-12-5-3-7-15(9-12)18-16-8-4-6-14(11-16)10-13(2)17/h4,6,8,11-13,15H,3,5,7,9-10,17H2,1-2H3. The number of ether oxygens (including phenoxy) is 1. The second kappa shape index (κ2) is 6.24. The zero-order chi connectivity index (χ0) is 13.0. The topological polar surface area (TPSA) is 35.2 Å². The minimum Gasteiger partial charge on any atom is -0.490 e. The van der Waals surface area contributed by atoms with E-state index < -0.39 is 0 Å². The monoisotopic (exact) mass is 247 g/mol. The van der Waals surface area contributed by atoms with Gasteiger partial charge in [0.2, 0.25) is 0 Å². The molecule has 0 amide bonds. The van der Waals surface area contributed by atoms with E-state index in [1.807, 2.05) is 6.92 Å². The van der Waals surface area contributed by atoms with E-state index in [9.17, 15) is 0 Å². The summed E-state index contributed by atoms with van der Waals surface area (Å²) in [6, 6.07) is 8.60. The summed E-state index contributed by atoms with van der Waals surface area (Å²) in [5.41, 5.74) is 7.11. The molecule has 18 heavy (non-hydrogen) atoms. The summed E-state index contributed by atoms with van der Waals surface area (Å²) in [5.74, 6) is 1.81. The number of benzene rings is 1. The molecule has 0 aromatic heterocycles. The Balaban J connectivity index is 1.96. The van der Waals surface area contributed by atoms with Gasteiger partial charge in [-0.1, -0.05) is 25.5 Å². The first kappa shape index (κ1) is 13.4. The van der Waals surface area contributed by atoms with Gasteiger partial charge in [0.05, 0.1) is 6.10 Å². The molecule has 1 fully saturated rings. The number of rotatable bonds is 4. The molecule has 3 unspecified atom stereocenters. The summed E-state index contributed by atoms with van der Waals surface area (Å²) < 4.78 is 6.11. The highest BCUT2D eigenvalue weighted by atomic mass is 16.5. The number of hydrogen-bond donors (Lipinski definition) is 1. The van der Waals surface area contributed by atoms with Crippen molar-refractivity contribution in [3.8, 4) is 5.75 Å². The van der Waals surface area contributed by atoms with Gasteiger partial charge in [0.1, 0.15) is 5.75 Å². The summed E-state index contributed by atoms with van der Waals surface area (Å²) >= 11 is 0. The summed E-state index contributed by atoms with van der Waals surface area (Å²) in [6.45, 7) is 4.36. The van der Waals surface area contributed by atoms with Crippen LogP contribution in [-0.4, -0.2) is 12.1 Å². The molecule has 0 spiro atoms. The third kappa shape index (κ3) is 4.02. The second-order valence-electron chi connectivity index (χ2n) is 5.84. The lowest BCUT2D eigenvalue weighted by atomic mass is 9.89. The fourth-order valence-corrected chi connectivity index (χ4v) is 2.80. The maximum atomic E-state index is 6.11. The van der Waals surface area contributed by atoms with Gasteiger partial charge in [-0.3, -0.25) is 0 Å². The Labute approximate surface area is 111 Å². The van der Waals surface area contributed by atoms with Gasteiger partial charge in [-0.15, -0.1) is 0 Å². The van der Waals surface area contributed by atoms with Crippen molar-refractivity contribution in [2.75, 3.05) is 0 Å². The fourth-order valence-electron chi connectivity index (χ4n) is 2.80. The molecular formula is C16H25NO. The molecule has 1 aliphatic rings. The molecule has 1 aromatic carbocycles. The molecule has 0 heterocycles. The highest BCUT2D eigenvalue weighted by Gasteiger charge is 2.20. The molecule has 3 atom stereocenters. The van der Waals surface area contributed by atoms with Crippen molar-refractivity contribution >= 4 is 0 Å². The molecule has 2 nitrogen and oxygen atoms in total. The Morgan fingerprint density at radius 3 is 2.94 bits per heavy atom. The van der Waals surface area contributed by atoms with Crippen molar-refractivity contribution in [3.63, 3.8) is 0 Å². The molecular weight excluding hydrogens is 222 g/mol. The normalized spacial score (nSPS) is 25.7. The molecule has 0 aliphatic heterocycles. The molecule has 100 valence electrons. The van der Waals surface area contributed by atoms with Gasteiger partial charge in [-0.05, 0) is 56.2 Å². The van der Waals surface area contributed by atoms with Crippen molar-refractivity contribution in [2.45, 2.75) is 58.1 Å². The van der Waals surface area contributed by atoms with E-state index in [0.29, 0.717) is 6.10 Å². The zero-order valence-corrected chi connectivity index (χ0v) is 11.6. The molecule has 1 aromatic rings. The number of hydrogen-bond acceptors (Lipinski definition) is 2. The van der Waals surface area contributed by atoms with Crippen LogP contribution in [0.4, 0.5) is 0 Å². The van der Waals surface area contributed by atoms with Gasteiger partial charge >= 0.3 is 0 Å². The van der Waals surface area contributed by atoms with Crippen LogP contribution >= 0.6 is 0 Å². The predicted molar refractivity (Wildman–Crippen MR) is 75.8 cm³/mol. The van der Waals surface area contributed by atoms with Crippen LogP contribution in [0.3, 0.4) is 0 Å². The van der Waals surface area contributed by atoms with Crippen molar-refractivity contribution < 1.29 is 4.74 Å². The molecule has 2 heteroatoms. The Morgan fingerprint density at radius 1 is 1.39 bits per heavy atom. The maximum Gasteiger partial charge on any atom is 0.119 e.